The standard InChI is InChI=1S/C17H18FN3O3/c1-10(11-6-7-15(24-2)14(18)9-11)20-16(22)12-4-3-5-13(8-12)21-17(19)23/h3-10H,1-2H3,(H,20,22)(H3,19,21,23)/t10-/m0/s1. The fraction of sp³-hybridized carbons (Fsp3) is 0.176. The number of primary amides is 1. The lowest BCUT2D eigenvalue weighted by molar-refractivity contribution is 0.0939. The van der Waals surface area contributed by atoms with Gasteiger partial charge >= 0.3 is 6.03 Å². The first-order valence-electron chi connectivity index (χ1n) is 7.21. The van der Waals surface area contributed by atoms with Crippen LogP contribution in [0.15, 0.2) is 42.5 Å². The molecule has 0 heterocycles. The van der Waals surface area contributed by atoms with Crippen molar-refractivity contribution in [2.45, 2.75) is 13.0 Å². The van der Waals surface area contributed by atoms with Gasteiger partial charge in [-0.15, -0.1) is 0 Å². The predicted octanol–water partition coefficient (Wildman–Crippen LogP) is 2.82. The molecule has 24 heavy (non-hydrogen) atoms. The first-order chi connectivity index (χ1) is 11.4. The third-order valence-electron chi connectivity index (χ3n) is 3.42. The number of benzene rings is 2. The van der Waals surface area contributed by atoms with Crippen LogP contribution in [0.1, 0.15) is 28.9 Å². The van der Waals surface area contributed by atoms with Gasteiger partial charge in [-0.25, -0.2) is 9.18 Å². The van der Waals surface area contributed by atoms with E-state index in [-0.39, 0.29) is 11.7 Å². The van der Waals surface area contributed by atoms with Crippen molar-refractivity contribution in [2.24, 2.45) is 5.73 Å². The van der Waals surface area contributed by atoms with Gasteiger partial charge in [0.05, 0.1) is 13.2 Å². The van der Waals surface area contributed by atoms with Gasteiger partial charge in [0.2, 0.25) is 0 Å². The van der Waals surface area contributed by atoms with Crippen LogP contribution in [0.25, 0.3) is 0 Å². The number of hydrogen-bond donors (Lipinski definition) is 3. The van der Waals surface area contributed by atoms with Gasteiger partial charge in [0.25, 0.3) is 5.91 Å². The summed E-state index contributed by atoms with van der Waals surface area (Å²) in [5.41, 5.74) is 6.42. The van der Waals surface area contributed by atoms with E-state index in [0.29, 0.717) is 16.8 Å². The molecule has 7 heteroatoms. The number of carbonyl (C=O) groups excluding carboxylic acids is 2. The second-order valence-electron chi connectivity index (χ2n) is 5.16. The van der Waals surface area contributed by atoms with Crippen LogP contribution in [0.2, 0.25) is 0 Å². The first kappa shape index (κ1) is 17.3. The van der Waals surface area contributed by atoms with E-state index in [4.69, 9.17) is 10.5 Å². The van der Waals surface area contributed by atoms with E-state index < -0.39 is 17.9 Å². The number of carbonyl (C=O) groups is 2. The second-order valence-corrected chi connectivity index (χ2v) is 5.16. The van der Waals surface area contributed by atoms with E-state index in [9.17, 15) is 14.0 Å². The molecule has 1 atom stereocenters. The Balaban J connectivity index is 2.11. The summed E-state index contributed by atoms with van der Waals surface area (Å²) in [4.78, 5) is 23.2. The molecule has 0 aromatic heterocycles. The number of nitrogens with one attached hydrogen (secondary N) is 2. The zero-order valence-electron chi connectivity index (χ0n) is 13.3. The average molecular weight is 331 g/mol. The lowest BCUT2D eigenvalue weighted by Gasteiger charge is -2.15. The van der Waals surface area contributed by atoms with E-state index in [1.807, 2.05) is 0 Å². The van der Waals surface area contributed by atoms with Gasteiger partial charge in [-0.2, -0.15) is 0 Å². The summed E-state index contributed by atoms with van der Waals surface area (Å²) in [6.45, 7) is 1.74. The van der Waals surface area contributed by atoms with Gasteiger partial charge in [-0.1, -0.05) is 12.1 Å². The molecule has 2 rings (SSSR count). The number of rotatable bonds is 5. The molecule has 0 fully saturated rings. The van der Waals surface area contributed by atoms with Crippen LogP contribution < -0.4 is 21.1 Å². The number of nitrogens with two attached hydrogens (primary N) is 1. The molecular weight excluding hydrogens is 313 g/mol. The summed E-state index contributed by atoms with van der Waals surface area (Å²) < 4.78 is 18.6. The lowest BCUT2D eigenvalue weighted by Crippen LogP contribution is -2.27. The lowest BCUT2D eigenvalue weighted by atomic mass is 10.1. The average Bonchev–Trinajstić information content (AvgIpc) is 2.54. The fourth-order valence-electron chi connectivity index (χ4n) is 2.20. The Kier molecular flexibility index (Phi) is 5.36. The molecule has 0 spiro atoms. The van der Waals surface area contributed by atoms with Crippen LogP contribution in [0.4, 0.5) is 14.9 Å². The zero-order valence-corrected chi connectivity index (χ0v) is 13.3. The Morgan fingerprint density at radius 1 is 1.21 bits per heavy atom. The fourth-order valence-corrected chi connectivity index (χ4v) is 2.20. The maximum atomic E-state index is 13.8. The van der Waals surface area contributed by atoms with Crippen molar-refractivity contribution in [3.63, 3.8) is 0 Å². The molecule has 3 amide bonds. The quantitative estimate of drug-likeness (QED) is 0.786. The maximum absolute atomic E-state index is 13.8. The highest BCUT2D eigenvalue weighted by atomic mass is 19.1. The van der Waals surface area contributed by atoms with Gasteiger partial charge in [-0.3, -0.25) is 4.79 Å². The molecular formula is C17H18FN3O3. The molecule has 4 N–H and O–H groups in total. The highest BCUT2D eigenvalue weighted by Gasteiger charge is 2.14. The van der Waals surface area contributed by atoms with Crippen LogP contribution >= 0.6 is 0 Å². The molecule has 2 aromatic carbocycles. The number of ether oxygens (including phenoxy) is 1. The molecule has 0 bridgehead atoms. The molecule has 0 aliphatic carbocycles. The van der Waals surface area contributed by atoms with Crippen molar-refractivity contribution in [3.05, 3.63) is 59.4 Å². The number of urea groups is 1. The largest absolute Gasteiger partial charge is 0.494 e. The minimum Gasteiger partial charge on any atom is -0.494 e. The van der Waals surface area contributed by atoms with Crippen LogP contribution in [0, 0.1) is 5.82 Å². The maximum Gasteiger partial charge on any atom is 0.316 e. The van der Waals surface area contributed by atoms with Crippen molar-refractivity contribution < 1.29 is 18.7 Å². The first-order valence-corrected chi connectivity index (χ1v) is 7.21. The van der Waals surface area contributed by atoms with Gasteiger partial charge in [0.15, 0.2) is 11.6 Å². The van der Waals surface area contributed by atoms with E-state index in [1.54, 1.807) is 31.2 Å². The summed E-state index contributed by atoms with van der Waals surface area (Å²) in [6.07, 6.45) is 0. The van der Waals surface area contributed by atoms with Gasteiger partial charge < -0.3 is 21.1 Å². The molecule has 126 valence electrons. The smallest absolute Gasteiger partial charge is 0.316 e. The summed E-state index contributed by atoms with van der Waals surface area (Å²) in [5, 5.41) is 5.17. The van der Waals surface area contributed by atoms with E-state index >= 15 is 0 Å². The van der Waals surface area contributed by atoms with E-state index in [1.165, 1.54) is 25.3 Å². The second kappa shape index (κ2) is 7.45. The zero-order chi connectivity index (χ0) is 17.7. The highest BCUT2D eigenvalue weighted by Crippen LogP contribution is 2.22. The van der Waals surface area contributed by atoms with Crippen molar-refractivity contribution in [1.82, 2.24) is 5.32 Å². The normalized spacial score (nSPS) is 11.5. The summed E-state index contributed by atoms with van der Waals surface area (Å²) in [7, 11) is 1.39. The molecule has 2 aromatic rings. The van der Waals surface area contributed by atoms with Crippen LogP contribution in [0.3, 0.4) is 0 Å². The highest BCUT2D eigenvalue weighted by molar-refractivity contribution is 5.96. The van der Waals surface area contributed by atoms with Crippen molar-refractivity contribution in [1.29, 1.82) is 0 Å². The molecule has 0 radical (unpaired) electrons. The Morgan fingerprint density at radius 2 is 1.96 bits per heavy atom. The third-order valence-corrected chi connectivity index (χ3v) is 3.42. The Morgan fingerprint density at radius 3 is 2.58 bits per heavy atom. The summed E-state index contributed by atoms with van der Waals surface area (Å²) in [5.74, 6) is -0.710. The van der Waals surface area contributed by atoms with Gasteiger partial charge in [-0.05, 0) is 42.8 Å². The van der Waals surface area contributed by atoms with Gasteiger partial charge in [0, 0.05) is 11.3 Å². The molecule has 6 nitrogen and oxygen atoms in total. The molecule has 0 aliphatic heterocycles. The Bertz CT molecular complexity index is 764. The van der Waals surface area contributed by atoms with Crippen LogP contribution in [0.5, 0.6) is 5.75 Å². The van der Waals surface area contributed by atoms with Crippen molar-refractivity contribution in [3.8, 4) is 5.75 Å². The molecule has 0 aliphatic rings. The summed E-state index contributed by atoms with van der Waals surface area (Å²) in [6, 6.07) is 9.71. The molecule has 0 saturated carbocycles. The SMILES string of the molecule is COc1ccc([C@H](C)NC(=O)c2cccc(NC(N)=O)c2)cc1F. The van der Waals surface area contributed by atoms with Crippen molar-refractivity contribution in [2.75, 3.05) is 12.4 Å². The van der Waals surface area contributed by atoms with Crippen LogP contribution in [-0.4, -0.2) is 19.0 Å². The number of anilines is 1. The topological polar surface area (TPSA) is 93.4 Å². The predicted molar refractivity (Wildman–Crippen MR) is 88.5 cm³/mol. The number of halogens is 1. The molecule has 0 saturated heterocycles. The number of methoxy groups -OCH3 is 1. The number of amides is 3. The van der Waals surface area contributed by atoms with Gasteiger partial charge in [0.1, 0.15) is 0 Å². The van der Waals surface area contributed by atoms with Crippen LogP contribution in [-0.2, 0) is 0 Å². The van der Waals surface area contributed by atoms with Crippen molar-refractivity contribution >= 4 is 17.6 Å². The summed E-state index contributed by atoms with van der Waals surface area (Å²) >= 11 is 0. The monoisotopic (exact) mass is 331 g/mol. The minimum absolute atomic E-state index is 0.141. The Hall–Kier alpha value is -3.09. The minimum atomic E-state index is -0.713. The third kappa shape index (κ3) is 4.22. The van der Waals surface area contributed by atoms with E-state index in [0.717, 1.165) is 0 Å². The van der Waals surface area contributed by atoms with E-state index in [2.05, 4.69) is 10.6 Å². The number of hydrogen-bond acceptors (Lipinski definition) is 3. The Labute approximate surface area is 138 Å². The molecule has 0 unspecified atom stereocenters.